The zero-order chi connectivity index (χ0) is 6.57. The minimum Gasteiger partial charge on any atom is -0.487 e. The van der Waals surface area contributed by atoms with Gasteiger partial charge in [0.05, 0.1) is 0 Å². The molecule has 0 aromatic heterocycles. The lowest BCUT2D eigenvalue weighted by molar-refractivity contribution is 0.511. The predicted molar refractivity (Wildman–Crippen MR) is 39.8 cm³/mol. The Balaban J connectivity index is 0.000000122. The molecule has 1 fully saturated rings. The number of hydrogen-bond acceptors (Lipinski definition) is 1. The fourth-order valence-electron chi connectivity index (χ4n) is 0.0510. The maximum atomic E-state index is 4.51. The summed E-state index contributed by atoms with van der Waals surface area (Å²) in [4.78, 5) is 0. The summed E-state index contributed by atoms with van der Waals surface area (Å²) in [7, 11) is -0.139. The normalized spacial score (nSPS) is 14.2. The Labute approximate surface area is 53.0 Å². The highest BCUT2D eigenvalue weighted by atomic mass is 28.3. The molecule has 0 aromatic rings. The van der Waals surface area contributed by atoms with E-state index < -0.39 is 0 Å². The van der Waals surface area contributed by atoms with Crippen LogP contribution in [-0.4, -0.2) is 15.4 Å². The van der Waals surface area contributed by atoms with Gasteiger partial charge in [0.1, 0.15) is 12.4 Å². The van der Waals surface area contributed by atoms with Crippen molar-refractivity contribution < 1.29 is 4.74 Å². The van der Waals surface area contributed by atoms with Crippen molar-refractivity contribution in [1.29, 1.82) is 0 Å². The topological polar surface area (TPSA) is 12.5 Å². The third kappa shape index (κ3) is 17.1. The van der Waals surface area contributed by atoms with Gasteiger partial charge in [-0.2, -0.15) is 0 Å². The first-order valence-corrected chi connectivity index (χ1v) is 6.40. The minimum atomic E-state index is -0.139. The number of epoxide rings is 1. The van der Waals surface area contributed by atoms with Gasteiger partial charge in [-0.1, -0.05) is 26.2 Å². The molecule has 0 unspecified atom stereocenters. The van der Waals surface area contributed by atoms with Gasteiger partial charge in [0, 0.05) is 8.80 Å². The van der Waals surface area contributed by atoms with Gasteiger partial charge >= 0.3 is 0 Å². The van der Waals surface area contributed by atoms with Crippen LogP contribution in [0.15, 0.2) is 12.3 Å². The van der Waals surface area contributed by atoms with Crippen molar-refractivity contribution in [3.8, 4) is 0 Å². The quantitative estimate of drug-likeness (QED) is 0.359. The predicted octanol–water partition coefficient (Wildman–Crippen LogP) is 1.63. The van der Waals surface area contributed by atoms with Crippen LogP contribution >= 0.6 is 0 Å². The van der Waals surface area contributed by atoms with Crippen LogP contribution in [0.3, 0.4) is 0 Å². The molecule has 0 saturated carbocycles. The van der Waals surface area contributed by atoms with E-state index in [1.54, 1.807) is 0 Å². The first-order chi connectivity index (χ1) is 3.63. The Hall–Kier alpha value is -0.243. The highest BCUT2D eigenvalue weighted by Crippen LogP contribution is 2.07. The third-order valence-corrected chi connectivity index (χ3v) is 0.348. The summed E-state index contributed by atoms with van der Waals surface area (Å²) < 4.78 is 4.51. The second kappa shape index (κ2) is 3.72. The van der Waals surface area contributed by atoms with Gasteiger partial charge in [-0.3, -0.25) is 0 Å². The summed E-state index contributed by atoms with van der Waals surface area (Å²) in [5, 5.41) is 0. The molecule has 0 bridgehead atoms. The molecule has 0 aliphatic carbocycles. The molecule has 8 heavy (non-hydrogen) atoms. The minimum absolute atomic E-state index is 0.139. The van der Waals surface area contributed by atoms with Crippen LogP contribution < -0.4 is 0 Å². The van der Waals surface area contributed by atoms with Gasteiger partial charge < -0.3 is 4.74 Å². The lowest BCUT2D eigenvalue weighted by atomic mass is 10.8. The van der Waals surface area contributed by atoms with Crippen molar-refractivity contribution in [1.82, 2.24) is 0 Å². The molecule has 1 aliphatic rings. The van der Waals surface area contributed by atoms with Crippen molar-refractivity contribution >= 4 is 8.80 Å². The molecule has 1 aliphatic heterocycles. The maximum absolute atomic E-state index is 4.51. The molecule has 1 nitrogen and oxygen atoms in total. The fourth-order valence-corrected chi connectivity index (χ4v) is 0.0510. The summed E-state index contributed by atoms with van der Waals surface area (Å²) in [5.74, 6) is 0.917. The van der Waals surface area contributed by atoms with E-state index in [2.05, 4.69) is 31.0 Å². The molecular weight excluding hydrogens is 116 g/mol. The molecule has 0 N–H and O–H groups in total. The second-order valence-electron chi connectivity index (χ2n) is 2.56. The Bertz CT molecular complexity index is 69.8. The Morgan fingerprint density at radius 1 is 1.50 bits per heavy atom. The van der Waals surface area contributed by atoms with Gasteiger partial charge in [-0.15, -0.1) is 0 Å². The van der Waals surface area contributed by atoms with Crippen LogP contribution in [0.25, 0.3) is 0 Å². The molecule has 0 atom stereocenters. The Kier molecular flexibility index (Phi) is 3.61. The molecule has 1 saturated heterocycles. The van der Waals surface area contributed by atoms with Crippen molar-refractivity contribution in [3.63, 3.8) is 0 Å². The number of ether oxygens (including phenoxy) is 1. The monoisotopic (exact) mass is 130 g/mol. The van der Waals surface area contributed by atoms with Gasteiger partial charge in [0.15, 0.2) is 0 Å². The molecule has 0 radical (unpaired) electrons. The number of rotatable bonds is 0. The van der Waals surface area contributed by atoms with Crippen LogP contribution in [0.1, 0.15) is 0 Å². The Morgan fingerprint density at radius 3 is 1.62 bits per heavy atom. The average molecular weight is 130 g/mol. The summed E-state index contributed by atoms with van der Waals surface area (Å²) >= 11 is 0. The molecule has 48 valence electrons. The fraction of sp³-hybridized carbons (Fsp3) is 0.667. The first kappa shape index (κ1) is 7.76. The van der Waals surface area contributed by atoms with Gasteiger partial charge in [0.25, 0.3) is 0 Å². The van der Waals surface area contributed by atoms with E-state index >= 15 is 0 Å². The first-order valence-electron chi connectivity index (χ1n) is 2.93. The lowest BCUT2D eigenvalue weighted by Gasteiger charge is -1.75. The third-order valence-electron chi connectivity index (χ3n) is 0.348. The number of hydrogen-bond donors (Lipinski definition) is 0. The lowest BCUT2D eigenvalue weighted by Crippen LogP contribution is -1.84. The van der Waals surface area contributed by atoms with Crippen molar-refractivity contribution in [2.45, 2.75) is 19.6 Å². The van der Waals surface area contributed by atoms with Crippen LogP contribution in [-0.2, 0) is 4.74 Å². The van der Waals surface area contributed by atoms with Crippen molar-refractivity contribution in [3.05, 3.63) is 12.3 Å². The maximum Gasteiger partial charge on any atom is 0.144 e. The van der Waals surface area contributed by atoms with Crippen molar-refractivity contribution in [2.24, 2.45) is 0 Å². The van der Waals surface area contributed by atoms with E-state index in [-0.39, 0.29) is 8.80 Å². The smallest absolute Gasteiger partial charge is 0.144 e. The standard InChI is InChI=1S/C3H4O.C3H10Si/c1-3-2-4-3;1-4(2)3/h1-2H2;4H,1-3H3. The summed E-state index contributed by atoms with van der Waals surface area (Å²) in [6, 6.07) is 0. The largest absolute Gasteiger partial charge is 0.487 e. The molecule has 2 heteroatoms. The van der Waals surface area contributed by atoms with Gasteiger partial charge in [-0.05, 0) is 0 Å². The van der Waals surface area contributed by atoms with Crippen LogP contribution in [0.2, 0.25) is 19.6 Å². The second-order valence-corrected chi connectivity index (χ2v) is 6.02. The molecular formula is C6H14OSi. The van der Waals surface area contributed by atoms with Crippen molar-refractivity contribution in [2.75, 3.05) is 6.61 Å². The zero-order valence-corrected chi connectivity index (χ0v) is 7.05. The van der Waals surface area contributed by atoms with Gasteiger partial charge in [-0.25, -0.2) is 0 Å². The average Bonchev–Trinajstić information content (AvgIpc) is 2.19. The van der Waals surface area contributed by atoms with Crippen LogP contribution in [0, 0.1) is 0 Å². The molecule has 0 aromatic carbocycles. The van der Waals surface area contributed by atoms with E-state index in [4.69, 9.17) is 0 Å². The summed E-state index contributed by atoms with van der Waals surface area (Å²) in [6.45, 7) is 11.2. The summed E-state index contributed by atoms with van der Waals surface area (Å²) in [5.41, 5.74) is 0. The van der Waals surface area contributed by atoms with E-state index in [1.807, 2.05) is 0 Å². The van der Waals surface area contributed by atoms with E-state index in [0.717, 1.165) is 12.4 Å². The zero-order valence-electron chi connectivity index (χ0n) is 5.90. The highest BCUT2D eigenvalue weighted by molar-refractivity contribution is 6.54. The molecule has 1 heterocycles. The Morgan fingerprint density at radius 2 is 1.62 bits per heavy atom. The van der Waals surface area contributed by atoms with Crippen LogP contribution in [0.4, 0.5) is 0 Å². The van der Waals surface area contributed by atoms with E-state index in [9.17, 15) is 0 Å². The molecule has 0 spiro atoms. The van der Waals surface area contributed by atoms with Gasteiger partial charge in [0.2, 0.25) is 0 Å². The molecule has 0 amide bonds. The molecule has 1 rings (SSSR count). The SMILES string of the molecule is C=C1CO1.C[SiH](C)C. The van der Waals surface area contributed by atoms with E-state index in [1.165, 1.54) is 0 Å². The van der Waals surface area contributed by atoms with E-state index in [0.29, 0.717) is 0 Å². The highest BCUT2D eigenvalue weighted by Gasteiger charge is 2.05. The summed E-state index contributed by atoms with van der Waals surface area (Å²) in [6.07, 6.45) is 0. The van der Waals surface area contributed by atoms with Crippen LogP contribution in [0.5, 0.6) is 0 Å².